The van der Waals surface area contributed by atoms with Crippen LogP contribution in [0.5, 0.6) is 0 Å². The van der Waals surface area contributed by atoms with E-state index >= 15 is 0 Å². The molecule has 1 N–H and O–H groups in total. The van der Waals surface area contributed by atoms with Gasteiger partial charge < -0.3 is 15.0 Å². The largest absolute Gasteiger partial charge is 0.382 e. The smallest absolute Gasteiger partial charge is 0.318 e. The molecule has 1 unspecified atom stereocenters. The first-order chi connectivity index (χ1) is 18.9. The monoisotopic (exact) mass is 535 g/mol. The molecule has 1 aliphatic heterocycles. The van der Waals surface area contributed by atoms with E-state index in [1.165, 1.54) is 12.1 Å². The number of urea groups is 1. The number of likely N-dealkylation sites (tertiary alicyclic amines) is 1. The lowest BCUT2D eigenvalue weighted by molar-refractivity contribution is 0.0880. The Labute approximate surface area is 228 Å². The van der Waals surface area contributed by atoms with Crippen LogP contribution >= 0.6 is 0 Å². The average molecular weight is 536 g/mol. The van der Waals surface area contributed by atoms with Crippen molar-refractivity contribution in [2.45, 2.75) is 25.4 Å². The molecule has 0 saturated carbocycles. The minimum atomic E-state index is -0.682. The summed E-state index contributed by atoms with van der Waals surface area (Å²) in [6.07, 6.45) is 1.61. The van der Waals surface area contributed by atoms with Gasteiger partial charge in [-0.15, -0.1) is 0 Å². The van der Waals surface area contributed by atoms with E-state index in [0.29, 0.717) is 18.7 Å². The molecule has 8 heteroatoms. The molecule has 0 radical (unpaired) electrons. The first-order valence-electron chi connectivity index (χ1n) is 13.3. The molecule has 4 rings (SSSR count). The summed E-state index contributed by atoms with van der Waals surface area (Å²) in [5, 5.41) is 3.04. The molecular weight excluding hydrogens is 500 g/mol. The Bertz CT molecular complexity index is 1220. The molecule has 1 saturated heterocycles. The number of nitrogens with zero attached hydrogens (tertiary/aromatic N) is 2. The first-order valence-corrected chi connectivity index (χ1v) is 13.3. The summed E-state index contributed by atoms with van der Waals surface area (Å²) < 4.78 is 33.4. The van der Waals surface area contributed by atoms with Gasteiger partial charge in [-0.25, -0.2) is 13.6 Å². The van der Waals surface area contributed by atoms with Gasteiger partial charge in [-0.05, 0) is 43.5 Å². The molecule has 1 aliphatic rings. The molecule has 1 heterocycles. The van der Waals surface area contributed by atoms with Crippen LogP contribution in [0.25, 0.3) is 0 Å². The lowest BCUT2D eigenvalue weighted by Gasteiger charge is -2.35. The van der Waals surface area contributed by atoms with Crippen molar-refractivity contribution in [3.05, 3.63) is 107 Å². The van der Waals surface area contributed by atoms with Crippen molar-refractivity contribution in [1.29, 1.82) is 0 Å². The molecule has 0 aliphatic carbocycles. The number of ketones is 1. The highest BCUT2D eigenvalue weighted by atomic mass is 19.1. The number of hydrogen-bond acceptors (Lipinski definition) is 4. The summed E-state index contributed by atoms with van der Waals surface area (Å²) in [6.45, 7) is 2.54. The zero-order chi connectivity index (χ0) is 27.6. The van der Waals surface area contributed by atoms with E-state index < -0.39 is 11.6 Å². The number of methoxy groups -OCH3 is 1. The fourth-order valence-corrected chi connectivity index (χ4v) is 4.95. The van der Waals surface area contributed by atoms with Crippen LogP contribution in [-0.2, 0) is 11.3 Å². The van der Waals surface area contributed by atoms with Gasteiger partial charge in [0, 0.05) is 30.8 Å². The number of carbonyl (C=O) groups is 2. The van der Waals surface area contributed by atoms with Gasteiger partial charge in [-0.3, -0.25) is 9.69 Å². The van der Waals surface area contributed by atoms with Gasteiger partial charge in [-0.1, -0.05) is 66.7 Å². The van der Waals surface area contributed by atoms with Crippen molar-refractivity contribution in [1.82, 2.24) is 15.1 Å². The molecule has 0 bridgehead atoms. The number of rotatable bonds is 11. The van der Waals surface area contributed by atoms with Crippen LogP contribution < -0.4 is 5.32 Å². The molecular formula is C31H35F2N3O3. The fraction of sp³-hybridized carbons (Fsp3) is 0.355. The number of halogens is 2. The molecule has 1 atom stereocenters. The highest BCUT2D eigenvalue weighted by molar-refractivity contribution is 5.97. The lowest BCUT2D eigenvalue weighted by atomic mass is 9.95. The number of piperidine rings is 1. The van der Waals surface area contributed by atoms with Crippen molar-refractivity contribution in [3.8, 4) is 0 Å². The Hall–Kier alpha value is -3.62. The van der Waals surface area contributed by atoms with E-state index in [4.69, 9.17) is 4.74 Å². The number of carbonyl (C=O) groups excluding carboxylic acids is 2. The molecule has 39 heavy (non-hydrogen) atoms. The van der Waals surface area contributed by atoms with E-state index in [2.05, 4.69) is 10.2 Å². The highest BCUT2D eigenvalue weighted by Crippen LogP contribution is 2.22. The summed E-state index contributed by atoms with van der Waals surface area (Å²) in [7, 11) is 1.57. The van der Waals surface area contributed by atoms with Crippen molar-refractivity contribution in [2.75, 3.05) is 39.9 Å². The van der Waals surface area contributed by atoms with Crippen molar-refractivity contribution >= 4 is 11.8 Å². The Kier molecular flexibility index (Phi) is 10.2. The van der Waals surface area contributed by atoms with Gasteiger partial charge in [0.05, 0.1) is 25.7 Å². The van der Waals surface area contributed by atoms with Crippen molar-refractivity contribution in [2.24, 2.45) is 5.92 Å². The fourth-order valence-electron chi connectivity index (χ4n) is 4.95. The standard InChI is InChI=1S/C31H35F2N3O3/c1-39-22-29(24-8-4-2-5-9-24)34-31(38)36(20-26-12-13-27(32)18-28(26)33)19-23-14-16-35(17-15-23)21-30(37)25-10-6-3-7-11-25/h2-13,18,23,29H,14-17,19-22H2,1H3,(H,34,38). The normalized spacial score (nSPS) is 15.1. The Morgan fingerprint density at radius 2 is 1.67 bits per heavy atom. The maximum atomic E-state index is 14.6. The number of Topliss-reactive ketones (excluding diaryl/α,β-unsaturated/α-hetero) is 1. The molecule has 1 fully saturated rings. The molecule has 6 nitrogen and oxygen atoms in total. The third-order valence-corrected chi connectivity index (χ3v) is 7.15. The Morgan fingerprint density at radius 1 is 1.00 bits per heavy atom. The quantitative estimate of drug-likeness (QED) is 0.332. The third-order valence-electron chi connectivity index (χ3n) is 7.15. The summed E-state index contributed by atoms with van der Waals surface area (Å²) in [4.78, 5) is 29.9. The van der Waals surface area contributed by atoms with Crippen molar-refractivity contribution in [3.63, 3.8) is 0 Å². The number of ether oxygens (including phenoxy) is 1. The zero-order valence-corrected chi connectivity index (χ0v) is 22.2. The lowest BCUT2D eigenvalue weighted by Crippen LogP contribution is -2.46. The van der Waals surface area contributed by atoms with Crippen LogP contribution in [0.1, 0.15) is 40.4 Å². The predicted molar refractivity (Wildman–Crippen MR) is 146 cm³/mol. The average Bonchev–Trinajstić information content (AvgIpc) is 2.95. The topological polar surface area (TPSA) is 61.9 Å². The van der Waals surface area contributed by atoms with Gasteiger partial charge in [0.2, 0.25) is 0 Å². The third kappa shape index (κ3) is 8.18. The van der Waals surface area contributed by atoms with E-state index in [1.807, 2.05) is 60.7 Å². The van der Waals surface area contributed by atoms with Crippen LogP contribution in [0, 0.1) is 17.6 Å². The second-order valence-corrected chi connectivity index (χ2v) is 9.99. The Balaban J connectivity index is 1.42. The number of nitrogens with one attached hydrogen (secondary N) is 1. The van der Waals surface area contributed by atoms with E-state index in [-0.39, 0.29) is 42.5 Å². The van der Waals surface area contributed by atoms with Crippen LogP contribution in [-0.4, -0.2) is 61.5 Å². The number of benzene rings is 3. The minimum absolute atomic E-state index is 0.0130. The number of amides is 2. The van der Waals surface area contributed by atoms with Gasteiger partial charge in [0.15, 0.2) is 5.78 Å². The van der Waals surface area contributed by atoms with Crippen molar-refractivity contribution < 1.29 is 23.1 Å². The van der Waals surface area contributed by atoms with Gasteiger partial charge in [0.25, 0.3) is 0 Å². The minimum Gasteiger partial charge on any atom is -0.382 e. The summed E-state index contributed by atoms with van der Waals surface area (Å²) in [6, 6.07) is 21.5. The second-order valence-electron chi connectivity index (χ2n) is 9.99. The SMILES string of the molecule is COCC(NC(=O)N(Cc1ccc(F)cc1F)CC1CCN(CC(=O)c2ccccc2)CC1)c1ccccc1. The van der Waals surface area contributed by atoms with E-state index in [0.717, 1.165) is 37.6 Å². The van der Waals surface area contributed by atoms with Crippen LogP contribution in [0.3, 0.4) is 0 Å². The van der Waals surface area contributed by atoms with Gasteiger partial charge >= 0.3 is 6.03 Å². The Morgan fingerprint density at radius 3 is 2.31 bits per heavy atom. The van der Waals surface area contributed by atoms with Crippen LogP contribution in [0.4, 0.5) is 13.6 Å². The highest BCUT2D eigenvalue weighted by Gasteiger charge is 2.27. The zero-order valence-electron chi connectivity index (χ0n) is 22.2. The first kappa shape index (κ1) is 28.4. The maximum Gasteiger partial charge on any atom is 0.318 e. The number of hydrogen-bond donors (Lipinski definition) is 1. The molecule has 206 valence electrons. The predicted octanol–water partition coefficient (Wildman–Crippen LogP) is 5.46. The molecule has 2 amide bonds. The molecule has 0 spiro atoms. The second kappa shape index (κ2) is 14.0. The summed E-state index contributed by atoms with van der Waals surface area (Å²) in [5.74, 6) is -1.07. The van der Waals surface area contributed by atoms with Crippen LogP contribution in [0.2, 0.25) is 0 Å². The summed E-state index contributed by atoms with van der Waals surface area (Å²) in [5.41, 5.74) is 1.85. The maximum absolute atomic E-state index is 14.6. The molecule has 0 aromatic heterocycles. The van der Waals surface area contributed by atoms with E-state index in [9.17, 15) is 18.4 Å². The van der Waals surface area contributed by atoms with E-state index in [1.54, 1.807) is 12.0 Å². The van der Waals surface area contributed by atoms with Crippen LogP contribution in [0.15, 0.2) is 78.9 Å². The molecule has 3 aromatic rings. The van der Waals surface area contributed by atoms with Gasteiger partial charge in [0.1, 0.15) is 11.6 Å². The van der Waals surface area contributed by atoms with Gasteiger partial charge in [-0.2, -0.15) is 0 Å². The summed E-state index contributed by atoms with van der Waals surface area (Å²) >= 11 is 0. The molecule has 3 aromatic carbocycles.